The van der Waals surface area contributed by atoms with E-state index in [1.165, 1.54) is 0 Å². The number of rotatable bonds is 0. The summed E-state index contributed by atoms with van der Waals surface area (Å²) in [5.74, 6) is 6.19. The molecule has 0 aliphatic carbocycles. The second kappa shape index (κ2) is 3.99. The van der Waals surface area contributed by atoms with Crippen LogP contribution in [0, 0.1) is 18.8 Å². The topological polar surface area (TPSA) is 25.8 Å². The van der Waals surface area contributed by atoms with Crippen molar-refractivity contribution in [1.29, 1.82) is 0 Å². The molecular formula is C8H8N2S. The van der Waals surface area contributed by atoms with Gasteiger partial charge in [0.25, 0.3) is 0 Å². The third kappa shape index (κ3) is 2.60. The van der Waals surface area contributed by atoms with Crippen molar-refractivity contribution in [3.63, 3.8) is 0 Å². The van der Waals surface area contributed by atoms with Gasteiger partial charge in [0.2, 0.25) is 0 Å². The predicted molar refractivity (Wildman–Crippen MR) is 47.5 cm³/mol. The van der Waals surface area contributed by atoms with Gasteiger partial charge in [0.1, 0.15) is 5.69 Å². The highest BCUT2D eigenvalue weighted by atomic mass is 32.1. The number of thiol groups is 1. The lowest BCUT2D eigenvalue weighted by Crippen LogP contribution is -1.87. The van der Waals surface area contributed by atoms with Crippen molar-refractivity contribution in [2.45, 2.75) is 6.92 Å². The highest BCUT2D eigenvalue weighted by Gasteiger charge is 1.87. The summed E-state index contributed by atoms with van der Waals surface area (Å²) in [6.45, 7) is 1.89. The summed E-state index contributed by atoms with van der Waals surface area (Å²) in [6.07, 6.45) is 3.34. The van der Waals surface area contributed by atoms with Crippen LogP contribution in [0.2, 0.25) is 0 Å². The second-order valence-corrected chi connectivity index (χ2v) is 2.32. The normalized spacial score (nSPS) is 8.55. The summed E-state index contributed by atoms with van der Waals surface area (Å²) in [5.41, 5.74) is 1.59. The Balaban J connectivity index is 2.87. The van der Waals surface area contributed by atoms with Gasteiger partial charge in [0, 0.05) is 6.20 Å². The molecule has 0 radical (unpaired) electrons. The van der Waals surface area contributed by atoms with E-state index in [1.807, 2.05) is 6.92 Å². The minimum atomic E-state index is 0.551. The first-order chi connectivity index (χ1) is 5.33. The van der Waals surface area contributed by atoms with Crippen molar-refractivity contribution < 1.29 is 0 Å². The van der Waals surface area contributed by atoms with E-state index in [0.29, 0.717) is 11.4 Å². The van der Waals surface area contributed by atoms with E-state index in [0.717, 1.165) is 5.69 Å². The molecule has 1 heterocycles. The van der Waals surface area contributed by atoms with Crippen molar-refractivity contribution in [1.82, 2.24) is 9.97 Å². The van der Waals surface area contributed by atoms with Gasteiger partial charge in [-0.05, 0) is 12.8 Å². The number of hydrogen-bond acceptors (Lipinski definition) is 3. The third-order valence-corrected chi connectivity index (χ3v) is 1.21. The average Bonchev–Trinajstić information content (AvgIpc) is 2.01. The van der Waals surface area contributed by atoms with Gasteiger partial charge in [-0.25, -0.2) is 4.98 Å². The minimum absolute atomic E-state index is 0.551. The van der Waals surface area contributed by atoms with E-state index in [-0.39, 0.29) is 0 Å². The number of hydrogen-bond donors (Lipinski definition) is 1. The molecule has 0 spiro atoms. The van der Waals surface area contributed by atoms with E-state index in [9.17, 15) is 0 Å². The highest BCUT2D eigenvalue weighted by molar-refractivity contribution is 7.80. The molecule has 3 heteroatoms. The highest BCUT2D eigenvalue weighted by Crippen LogP contribution is 1.91. The van der Waals surface area contributed by atoms with Crippen molar-refractivity contribution in [2.24, 2.45) is 0 Å². The van der Waals surface area contributed by atoms with Crippen LogP contribution in [0.3, 0.4) is 0 Å². The maximum atomic E-state index is 4.14. The number of aryl methyl sites for hydroxylation is 1. The molecule has 0 N–H and O–H groups in total. The maximum absolute atomic E-state index is 4.14. The number of aromatic nitrogens is 2. The van der Waals surface area contributed by atoms with E-state index in [1.54, 1.807) is 12.4 Å². The summed E-state index contributed by atoms with van der Waals surface area (Å²) in [4.78, 5) is 8.09. The molecule has 1 rings (SSSR count). The summed E-state index contributed by atoms with van der Waals surface area (Å²) in [5, 5.41) is 0. The molecule has 56 valence electrons. The first-order valence-electron chi connectivity index (χ1n) is 3.21. The standard InChI is InChI=1S/C8H8N2S/c1-7-5-9-6-8(10-7)3-2-4-11/h5-6,11H,4H2,1H3. The van der Waals surface area contributed by atoms with E-state index < -0.39 is 0 Å². The summed E-state index contributed by atoms with van der Waals surface area (Å²) in [6, 6.07) is 0. The fourth-order valence-corrected chi connectivity index (χ4v) is 0.733. The zero-order valence-electron chi connectivity index (χ0n) is 6.20. The molecule has 0 fully saturated rings. The van der Waals surface area contributed by atoms with Crippen LogP contribution in [0.25, 0.3) is 0 Å². The molecule has 0 atom stereocenters. The molecule has 1 aromatic heterocycles. The molecule has 0 saturated heterocycles. The Morgan fingerprint density at radius 2 is 2.36 bits per heavy atom. The van der Waals surface area contributed by atoms with Crippen LogP contribution in [0.15, 0.2) is 12.4 Å². The summed E-state index contributed by atoms with van der Waals surface area (Å²) >= 11 is 3.95. The first kappa shape index (κ1) is 8.09. The third-order valence-electron chi connectivity index (χ3n) is 1.05. The Morgan fingerprint density at radius 3 is 3.00 bits per heavy atom. The Hall–Kier alpha value is -1.01. The molecule has 11 heavy (non-hydrogen) atoms. The molecule has 2 nitrogen and oxygen atoms in total. The van der Waals surface area contributed by atoms with Crippen LogP contribution in [0.4, 0.5) is 0 Å². The van der Waals surface area contributed by atoms with Crippen molar-refractivity contribution in [2.75, 3.05) is 5.75 Å². The van der Waals surface area contributed by atoms with Gasteiger partial charge in [-0.2, -0.15) is 12.6 Å². The summed E-state index contributed by atoms with van der Waals surface area (Å²) < 4.78 is 0. The largest absolute Gasteiger partial charge is 0.260 e. The number of nitrogens with zero attached hydrogens (tertiary/aromatic N) is 2. The quantitative estimate of drug-likeness (QED) is 0.458. The van der Waals surface area contributed by atoms with Gasteiger partial charge in [-0.15, -0.1) is 0 Å². The first-order valence-corrected chi connectivity index (χ1v) is 3.84. The molecule has 0 aliphatic rings. The van der Waals surface area contributed by atoms with Crippen molar-refractivity contribution >= 4 is 12.6 Å². The Kier molecular flexibility index (Phi) is 2.94. The smallest absolute Gasteiger partial charge is 0.131 e. The van der Waals surface area contributed by atoms with E-state index in [4.69, 9.17) is 0 Å². The zero-order chi connectivity index (χ0) is 8.10. The van der Waals surface area contributed by atoms with Crippen LogP contribution in [0.1, 0.15) is 11.4 Å². The van der Waals surface area contributed by atoms with Crippen LogP contribution in [-0.4, -0.2) is 15.7 Å². The van der Waals surface area contributed by atoms with Crippen LogP contribution in [0.5, 0.6) is 0 Å². The lowest BCUT2D eigenvalue weighted by atomic mass is 10.4. The molecule has 0 saturated carbocycles. The molecule has 1 aromatic rings. The van der Waals surface area contributed by atoms with Crippen molar-refractivity contribution in [3.8, 4) is 11.8 Å². The fraction of sp³-hybridized carbons (Fsp3) is 0.250. The van der Waals surface area contributed by atoms with Crippen molar-refractivity contribution in [3.05, 3.63) is 23.8 Å². The van der Waals surface area contributed by atoms with Crippen LogP contribution in [-0.2, 0) is 0 Å². The van der Waals surface area contributed by atoms with Gasteiger partial charge in [0.15, 0.2) is 0 Å². The van der Waals surface area contributed by atoms with Gasteiger partial charge in [-0.3, -0.25) is 4.98 Å². The fourth-order valence-electron chi connectivity index (χ4n) is 0.654. The van der Waals surface area contributed by atoms with Crippen LogP contribution < -0.4 is 0 Å². The molecular weight excluding hydrogens is 156 g/mol. The lowest BCUT2D eigenvalue weighted by molar-refractivity contribution is 1.10. The maximum Gasteiger partial charge on any atom is 0.131 e. The average molecular weight is 164 g/mol. The summed E-state index contributed by atoms with van der Waals surface area (Å²) in [7, 11) is 0. The molecule has 0 amide bonds. The van der Waals surface area contributed by atoms with Gasteiger partial charge in [0.05, 0.1) is 17.6 Å². The Morgan fingerprint density at radius 1 is 1.55 bits per heavy atom. The SMILES string of the molecule is Cc1cncc(C#CCS)n1. The molecule has 0 bridgehead atoms. The van der Waals surface area contributed by atoms with Crippen LogP contribution >= 0.6 is 12.6 Å². The molecule has 0 unspecified atom stereocenters. The minimum Gasteiger partial charge on any atom is -0.260 e. The second-order valence-electron chi connectivity index (χ2n) is 2.01. The molecule has 0 aliphatic heterocycles. The van der Waals surface area contributed by atoms with Gasteiger partial charge >= 0.3 is 0 Å². The van der Waals surface area contributed by atoms with Gasteiger partial charge < -0.3 is 0 Å². The van der Waals surface area contributed by atoms with E-state index >= 15 is 0 Å². The Labute approximate surface area is 71.5 Å². The lowest BCUT2D eigenvalue weighted by Gasteiger charge is -1.89. The monoisotopic (exact) mass is 164 g/mol. The van der Waals surface area contributed by atoms with Gasteiger partial charge in [-0.1, -0.05) is 5.92 Å². The predicted octanol–water partition coefficient (Wildman–Crippen LogP) is 1.07. The van der Waals surface area contributed by atoms with E-state index in [2.05, 4.69) is 34.4 Å². The Bertz CT molecular complexity index is 298. The zero-order valence-corrected chi connectivity index (χ0v) is 7.10. The molecule has 0 aromatic carbocycles.